The molecule has 0 spiro atoms. The Morgan fingerprint density at radius 2 is 1.64 bits per heavy atom. The molecule has 0 unspecified atom stereocenters. The number of carbonyl (C=O) groups is 1. The molecule has 0 bridgehead atoms. The fourth-order valence-corrected chi connectivity index (χ4v) is 5.74. The van der Waals surface area contributed by atoms with Crippen LogP contribution in [0.5, 0.6) is 0 Å². The highest BCUT2D eigenvalue weighted by Crippen LogP contribution is 2.29. The van der Waals surface area contributed by atoms with Gasteiger partial charge in [0.05, 0.1) is 16.1 Å². The predicted octanol–water partition coefficient (Wildman–Crippen LogP) is 3.92. The molecule has 33 heavy (non-hydrogen) atoms. The third kappa shape index (κ3) is 5.27. The van der Waals surface area contributed by atoms with E-state index < -0.39 is 32.5 Å². The highest BCUT2D eigenvalue weighted by Gasteiger charge is 2.27. The summed E-state index contributed by atoms with van der Waals surface area (Å²) in [7, 11) is -4.22. The second-order valence-corrected chi connectivity index (χ2v) is 10.2. The van der Waals surface area contributed by atoms with E-state index in [4.69, 9.17) is 0 Å². The zero-order valence-electron chi connectivity index (χ0n) is 18.1. The molecule has 2 fully saturated rings. The van der Waals surface area contributed by atoms with Crippen molar-refractivity contribution in [2.75, 3.05) is 35.8 Å². The highest BCUT2D eigenvalue weighted by molar-refractivity contribution is 7.92. The molecule has 7 nitrogen and oxygen atoms in total. The van der Waals surface area contributed by atoms with Crippen LogP contribution in [0.4, 0.5) is 20.2 Å². The molecule has 4 rings (SSSR count). The Balaban J connectivity index is 1.50. The zero-order valence-corrected chi connectivity index (χ0v) is 19.0. The lowest BCUT2D eigenvalue weighted by molar-refractivity contribution is 0.0697. The number of carboxylic acid groups (broad SMARTS) is 1. The van der Waals surface area contributed by atoms with Crippen LogP contribution in [0.15, 0.2) is 41.3 Å². The fraction of sp³-hybridized carbons (Fsp3) is 0.435. The van der Waals surface area contributed by atoms with Gasteiger partial charge in [0, 0.05) is 37.9 Å². The van der Waals surface area contributed by atoms with Crippen LogP contribution in [-0.2, 0) is 10.0 Å². The first-order chi connectivity index (χ1) is 15.7. The molecule has 2 N–H and O–H groups in total. The van der Waals surface area contributed by atoms with Crippen LogP contribution in [0.2, 0.25) is 0 Å². The molecule has 1 saturated carbocycles. The van der Waals surface area contributed by atoms with Crippen molar-refractivity contribution < 1.29 is 27.1 Å². The van der Waals surface area contributed by atoms with E-state index in [1.807, 2.05) is 4.90 Å². The third-order valence-electron chi connectivity index (χ3n) is 6.43. The third-order valence-corrected chi connectivity index (χ3v) is 7.81. The Kier molecular flexibility index (Phi) is 6.85. The van der Waals surface area contributed by atoms with Gasteiger partial charge in [0.25, 0.3) is 10.0 Å². The number of rotatable bonds is 6. The van der Waals surface area contributed by atoms with E-state index in [9.17, 15) is 27.1 Å². The normalized spacial score (nSPS) is 18.3. The van der Waals surface area contributed by atoms with Crippen molar-refractivity contribution in [3.63, 3.8) is 0 Å². The summed E-state index contributed by atoms with van der Waals surface area (Å²) in [5.41, 5.74) is 0.537. The van der Waals surface area contributed by atoms with Crippen molar-refractivity contribution in [1.82, 2.24) is 4.90 Å². The molecule has 0 radical (unpaired) electrons. The molecule has 2 aromatic carbocycles. The molecule has 10 heteroatoms. The van der Waals surface area contributed by atoms with Crippen molar-refractivity contribution in [2.45, 2.75) is 43.0 Å². The van der Waals surface area contributed by atoms with Gasteiger partial charge in [-0.1, -0.05) is 19.3 Å². The molecule has 0 amide bonds. The first-order valence-electron chi connectivity index (χ1n) is 11.1. The number of hydrogen-bond donors (Lipinski definition) is 2. The van der Waals surface area contributed by atoms with Crippen LogP contribution in [0, 0.1) is 11.6 Å². The minimum Gasteiger partial charge on any atom is -0.478 e. The van der Waals surface area contributed by atoms with Crippen LogP contribution in [0.3, 0.4) is 0 Å². The van der Waals surface area contributed by atoms with Crippen LogP contribution in [-0.4, -0.2) is 56.6 Å². The van der Waals surface area contributed by atoms with Crippen LogP contribution in [0.1, 0.15) is 42.5 Å². The Morgan fingerprint density at radius 3 is 2.27 bits per heavy atom. The van der Waals surface area contributed by atoms with Crippen molar-refractivity contribution in [1.29, 1.82) is 0 Å². The summed E-state index contributed by atoms with van der Waals surface area (Å²) >= 11 is 0. The maximum atomic E-state index is 13.5. The molecule has 1 saturated heterocycles. The summed E-state index contributed by atoms with van der Waals surface area (Å²) in [6, 6.07) is 7.17. The first-order valence-corrected chi connectivity index (χ1v) is 12.6. The second kappa shape index (κ2) is 9.64. The Morgan fingerprint density at radius 1 is 0.939 bits per heavy atom. The second-order valence-electron chi connectivity index (χ2n) is 8.53. The Labute approximate surface area is 192 Å². The lowest BCUT2D eigenvalue weighted by Crippen LogP contribution is -2.51. The number of nitrogens with zero attached hydrogens (tertiary/aromatic N) is 2. The fourth-order valence-electron chi connectivity index (χ4n) is 4.68. The Bertz CT molecular complexity index is 1130. The summed E-state index contributed by atoms with van der Waals surface area (Å²) in [6.45, 7) is 3.09. The van der Waals surface area contributed by atoms with Gasteiger partial charge in [0.15, 0.2) is 11.6 Å². The number of anilines is 2. The Hall–Kier alpha value is -2.72. The lowest BCUT2D eigenvalue weighted by Gasteiger charge is -2.41. The zero-order chi connectivity index (χ0) is 23.6. The average molecular weight is 480 g/mol. The van der Waals surface area contributed by atoms with Gasteiger partial charge in [-0.05, 0) is 49.2 Å². The summed E-state index contributed by atoms with van der Waals surface area (Å²) in [6.07, 6.45) is 6.25. The summed E-state index contributed by atoms with van der Waals surface area (Å²) in [5, 5.41) is 9.75. The predicted molar refractivity (Wildman–Crippen MR) is 121 cm³/mol. The molecule has 2 aromatic rings. The van der Waals surface area contributed by atoms with Crippen LogP contribution < -0.4 is 9.62 Å². The van der Waals surface area contributed by atoms with E-state index in [1.165, 1.54) is 44.2 Å². The number of piperazine rings is 1. The van der Waals surface area contributed by atoms with Gasteiger partial charge in [-0.15, -0.1) is 0 Å². The largest absolute Gasteiger partial charge is 0.478 e. The SMILES string of the molecule is O=C(O)c1cc(NS(=O)(=O)c2ccc(F)c(F)c2)ccc1N1CCN(C2CCCCC2)CC1. The average Bonchev–Trinajstić information content (AvgIpc) is 2.81. The quantitative estimate of drug-likeness (QED) is 0.653. The van der Waals surface area contributed by atoms with E-state index >= 15 is 0 Å². The number of halogens is 2. The molecule has 1 aliphatic carbocycles. The van der Waals surface area contributed by atoms with Gasteiger partial charge in [-0.2, -0.15) is 0 Å². The number of carboxylic acids is 1. The summed E-state index contributed by atoms with van der Waals surface area (Å²) < 4.78 is 54.0. The topological polar surface area (TPSA) is 89.9 Å². The van der Waals surface area contributed by atoms with Crippen molar-refractivity contribution in [2.24, 2.45) is 0 Å². The van der Waals surface area contributed by atoms with Crippen LogP contribution in [0.25, 0.3) is 0 Å². The van der Waals surface area contributed by atoms with E-state index in [2.05, 4.69) is 9.62 Å². The maximum absolute atomic E-state index is 13.5. The minimum atomic E-state index is -4.22. The molecule has 1 heterocycles. The molecule has 178 valence electrons. The smallest absolute Gasteiger partial charge is 0.337 e. The van der Waals surface area contributed by atoms with E-state index in [-0.39, 0.29) is 11.3 Å². The maximum Gasteiger partial charge on any atom is 0.337 e. The van der Waals surface area contributed by atoms with E-state index in [0.717, 1.165) is 25.2 Å². The number of nitrogens with one attached hydrogen (secondary N) is 1. The summed E-state index contributed by atoms with van der Waals surface area (Å²) in [5.74, 6) is -3.62. The monoisotopic (exact) mass is 479 g/mol. The van der Waals surface area contributed by atoms with E-state index in [1.54, 1.807) is 6.07 Å². The molecule has 0 atom stereocenters. The van der Waals surface area contributed by atoms with Crippen molar-refractivity contribution in [3.8, 4) is 0 Å². The van der Waals surface area contributed by atoms with Gasteiger partial charge in [-0.3, -0.25) is 9.62 Å². The molecule has 0 aromatic heterocycles. The van der Waals surface area contributed by atoms with Crippen LogP contribution >= 0.6 is 0 Å². The first kappa shape index (κ1) is 23.4. The van der Waals surface area contributed by atoms with Gasteiger partial charge >= 0.3 is 5.97 Å². The molecule has 2 aliphatic rings. The lowest BCUT2D eigenvalue weighted by atomic mass is 9.94. The minimum absolute atomic E-state index is 0.0217. The van der Waals surface area contributed by atoms with Gasteiger partial charge < -0.3 is 10.0 Å². The van der Waals surface area contributed by atoms with Gasteiger partial charge in [0.2, 0.25) is 0 Å². The number of sulfonamides is 1. The van der Waals surface area contributed by atoms with Gasteiger partial charge in [-0.25, -0.2) is 22.0 Å². The standard InChI is InChI=1S/C23H27F2N3O4S/c24-20-8-7-18(15-21(20)25)33(31,32)26-16-6-9-22(19(14-16)23(29)30)28-12-10-27(11-13-28)17-4-2-1-3-5-17/h6-9,14-15,17,26H,1-5,10-13H2,(H,29,30). The molecule has 1 aliphatic heterocycles. The number of hydrogen-bond acceptors (Lipinski definition) is 5. The molecular formula is C23H27F2N3O4S. The van der Waals surface area contributed by atoms with Crippen molar-refractivity contribution >= 4 is 27.4 Å². The van der Waals surface area contributed by atoms with Gasteiger partial charge in [0.1, 0.15) is 0 Å². The highest BCUT2D eigenvalue weighted by atomic mass is 32.2. The number of benzene rings is 2. The van der Waals surface area contributed by atoms with Crippen molar-refractivity contribution in [3.05, 3.63) is 53.6 Å². The van der Waals surface area contributed by atoms with E-state index in [0.29, 0.717) is 30.9 Å². The molecular weight excluding hydrogens is 452 g/mol. The number of aromatic carboxylic acids is 1. The summed E-state index contributed by atoms with van der Waals surface area (Å²) in [4.78, 5) is 16.0.